The Morgan fingerprint density at radius 3 is 2.64 bits per heavy atom. The standard InChI is InChI=1S/C21H25FN4O2/c1-15-13-24-19(14-23-15)21(28)25-18-3-2-11-26(12-10-18)20(27)9-6-16-4-7-17(22)8-5-16/h4-5,7-8,13-14,18H,2-3,6,9-12H2,1H3,(H,25,28)/t18-/m1/s1. The van der Waals surface area contributed by atoms with Crippen molar-refractivity contribution in [1.29, 1.82) is 0 Å². The number of nitrogens with one attached hydrogen (secondary N) is 1. The van der Waals surface area contributed by atoms with E-state index in [1.807, 2.05) is 11.8 Å². The van der Waals surface area contributed by atoms with Crippen molar-refractivity contribution < 1.29 is 14.0 Å². The number of nitrogens with zero attached hydrogens (tertiary/aromatic N) is 3. The van der Waals surface area contributed by atoms with Crippen molar-refractivity contribution >= 4 is 11.8 Å². The molecule has 2 amide bonds. The van der Waals surface area contributed by atoms with E-state index >= 15 is 0 Å². The molecule has 0 spiro atoms. The first-order valence-electron chi connectivity index (χ1n) is 9.63. The van der Waals surface area contributed by atoms with Crippen molar-refractivity contribution in [3.05, 3.63) is 59.4 Å². The molecule has 0 bridgehead atoms. The second-order valence-corrected chi connectivity index (χ2v) is 7.15. The van der Waals surface area contributed by atoms with Gasteiger partial charge in [0.2, 0.25) is 5.91 Å². The van der Waals surface area contributed by atoms with E-state index in [1.165, 1.54) is 18.3 Å². The first-order chi connectivity index (χ1) is 13.5. The van der Waals surface area contributed by atoms with Crippen LogP contribution in [0.15, 0.2) is 36.7 Å². The smallest absolute Gasteiger partial charge is 0.271 e. The van der Waals surface area contributed by atoms with Gasteiger partial charge in [-0.3, -0.25) is 14.6 Å². The Labute approximate surface area is 164 Å². The van der Waals surface area contributed by atoms with E-state index in [0.29, 0.717) is 38.0 Å². The van der Waals surface area contributed by atoms with E-state index in [1.54, 1.807) is 18.3 Å². The molecule has 1 aliphatic rings. The van der Waals surface area contributed by atoms with Crippen LogP contribution < -0.4 is 5.32 Å². The van der Waals surface area contributed by atoms with Gasteiger partial charge >= 0.3 is 0 Å². The number of carbonyl (C=O) groups is 2. The number of carbonyl (C=O) groups excluding carboxylic acids is 2. The summed E-state index contributed by atoms with van der Waals surface area (Å²) in [5, 5.41) is 3.00. The lowest BCUT2D eigenvalue weighted by Crippen LogP contribution is -2.37. The fourth-order valence-corrected chi connectivity index (χ4v) is 3.32. The maximum Gasteiger partial charge on any atom is 0.271 e. The van der Waals surface area contributed by atoms with Crippen LogP contribution >= 0.6 is 0 Å². The maximum absolute atomic E-state index is 13.0. The van der Waals surface area contributed by atoms with Crippen molar-refractivity contribution in [3.8, 4) is 0 Å². The van der Waals surface area contributed by atoms with Gasteiger partial charge in [-0.05, 0) is 50.3 Å². The SMILES string of the molecule is Cc1cnc(C(=O)N[C@@H]2CCCN(C(=O)CCc3ccc(F)cc3)CC2)cn1. The van der Waals surface area contributed by atoms with Gasteiger partial charge in [0.1, 0.15) is 11.5 Å². The molecule has 2 heterocycles. The Hall–Kier alpha value is -2.83. The lowest BCUT2D eigenvalue weighted by Gasteiger charge is -2.21. The van der Waals surface area contributed by atoms with Crippen molar-refractivity contribution in [3.63, 3.8) is 0 Å². The minimum absolute atomic E-state index is 0.0190. The topological polar surface area (TPSA) is 75.2 Å². The summed E-state index contributed by atoms with van der Waals surface area (Å²) in [5.74, 6) is -0.401. The third kappa shape index (κ3) is 5.58. The third-order valence-corrected chi connectivity index (χ3v) is 4.97. The van der Waals surface area contributed by atoms with E-state index in [9.17, 15) is 14.0 Å². The largest absolute Gasteiger partial charge is 0.348 e. The van der Waals surface area contributed by atoms with Gasteiger partial charge < -0.3 is 10.2 Å². The fraction of sp³-hybridized carbons (Fsp3) is 0.429. The van der Waals surface area contributed by atoms with Crippen LogP contribution in [0.3, 0.4) is 0 Å². The Kier molecular flexibility index (Phi) is 6.68. The zero-order valence-electron chi connectivity index (χ0n) is 16.0. The number of benzene rings is 1. The van der Waals surface area contributed by atoms with Crippen LogP contribution in [0.2, 0.25) is 0 Å². The van der Waals surface area contributed by atoms with Gasteiger partial charge in [0.05, 0.1) is 11.9 Å². The molecule has 6 nitrogen and oxygen atoms in total. The molecule has 1 fully saturated rings. The van der Waals surface area contributed by atoms with Crippen molar-refractivity contribution in [2.75, 3.05) is 13.1 Å². The van der Waals surface area contributed by atoms with Gasteiger partial charge in [-0.15, -0.1) is 0 Å². The van der Waals surface area contributed by atoms with Crippen molar-refractivity contribution in [2.45, 2.75) is 45.1 Å². The Balaban J connectivity index is 1.47. The van der Waals surface area contributed by atoms with E-state index in [0.717, 1.165) is 24.1 Å². The fourth-order valence-electron chi connectivity index (χ4n) is 3.32. The Morgan fingerprint density at radius 2 is 1.93 bits per heavy atom. The molecule has 28 heavy (non-hydrogen) atoms. The molecule has 1 aliphatic heterocycles. The highest BCUT2D eigenvalue weighted by atomic mass is 19.1. The van der Waals surface area contributed by atoms with Crippen LogP contribution in [-0.2, 0) is 11.2 Å². The van der Waals surface area contributed by atoms with Gasteiger partial charge in [-0.1, -0.05) is 12.1 Å². The molecule has 1 atom stereocenters. The second kappa shape index (κ2) is 9.39. The average molecular weight is 384 g/mol. The summed E-state index contributed by atoms with van der Waals surface area (Å²) in [4.78, 5) is 34.9. The summed E-state index contributed by atoms with van der Waals surface area (Å²) in [7, 11) is 0. The quantitative estimate of drug-likeness (QED) is 0.860. The molecular formula is C21H25FN4O2. The predicted octanol–water partition coefficient (Wildman–Crippen LogP) is 2.67. The zero-order valence-corrected chi connectivity index (χ0v) is 16.0. The number of amides is 2. The number of hydrogen-bond donors (Lipinski definition) is 1. The van der Waals surface area contributed by atoms with Gasteiger partial charge in [0.15, 0.2) is 0 Å². The minimum Gasteiger partial charge on any atom is -0.348 e. The molecule has 2 aromatic rings. The lowest BCUT2D eigenvalue weighted by molar-refractivity contribution is -0.131. The zero-order chi connectivity index (χ0) is 19.9. The van der Waals surface area contributed by atoms with E-state index in [2.05, 4.69) is 15.3 Å². The monoisotopic (exact) mass is 384 g/mol. The average Bonchev–Trinajstić information content (AvgIpc) is 2.93. The number of likely N-dealkylation sites (tertiary alicyclic amines) is 1. The molecule has 0 aliphatic carbocycles. The highest BCUT2D eigenvalue weighted by molar-refractivity contribution is 5.92. The summed E-state index contributed by atoms with van der Waals surface area (Å²) in [6.07, 6.45) is 6.44. The summed E-state index contributed by atoms with van der Waals surface area (Å²) in [6.45, 7) is 3.13. The van der Waals surface area contributed by atoms with Gasteiger partial charge in [-0.25, -0.2) is 9.37 Å². The molecule has 1 saturated heterocycles. The van der Waals surface area contributed by atoms with Gasteiger partial charge in [-0.2, -0.15) is 0 Å². The number of hydrogen-bond acceptors (Lipinski definition) is 4. The van der Waals surface area contributed by atoms with E-state index < -0.39 is 0 Å². The third-order valence-electron chi connectivity index (χ3n) is 4.97. The second-order valence-electron chi connectivity index (χ2n) is 7.15. The molecule has 0 saturated carbocycles. The van der Waals surface area contributed by atoms with Crippen LogP contribution in [0.25, 0.3) is 0 Å². The van der Waals surface area contributed by atoms with E-state index in [4.69, 9.17) is 0 Å². The summed E-state index contributed by atoms with van der Waals surface area (Å²) in [6, 6.07) is 6.27. The maximum atomic E-state index is 13.0. The number of halogens is 1. The first-order valence-corrected chi connectivity index (χ1v) is 9.63. The van der Waals surface area contributed by atoms with Gasteiger partial charge in [0.25, 0.3) is 5.91 Å². The van der Waals surface area contributed by atoms with Crippen molar-refractivity contribution in [1.82, 2.24) is 20.2 Å². The summed E-state index contributed by atoms with van der Waals surface area (Å²) in [5.41, 5.74) is 2.02. The van der Waals surface area contributed by atoms with Crippen LogP contribution in [-0.4, -0.2) is 45.8 Å². The molecule has 7 heteroatoms. The van der Waals surface area contributed by atoms with Crippen LogP contribution in [0.5, 0.6) is 0 Å². The van der Waals surface area contributed by atoms with E-state index in [-0.39, 0.29) is 23.7 Å². The van der Waals surface area contributed by atoms with Gasteiger partial charge in [0, 0.05) is 31.7 Å². The Morgan fingerprint density at radius 1 is 1.14 bits per heavy atom. The molecule has 3 rings (SSSR count). The van der Waals surface area contributed by atoms with Crippen LogP contribution in [0.1, 0.15) is 47.4 Å². The highest BCUT2D eigenvalue weighted by Gasteiger charge is 2.22. The molecule has 148 valence electrons. The van der Waals surface area contributed by atoms with Crippen LogP contribution in [0.4, 0.5) is 4.39 Å². The molecule has 0 radical (unpaired) electrons. The Bertz CT molecular complexity index is 808. The predicted molar refractivity (Wildman–Crippen MR) is 103 cm³/mol. The molecular weight excluding hydrogens is 359 g/mol. The number of rotatable bonds is 5. The first kappa shape index (κ1) is 19.9. The molecule has 1 aromatic carbocycles. The summed E-state index contributed by atoms with van der Waals surface area (Å²) >= 11 is 0. The molecule has 1 aromatic heterocycles. The summed E-state index contributed by atoms with van der Waals surface area (Å²) < 4.78 is 13.0. The molecule has 0 unspecified atom stereocenters. The highest BCUT2D eigenvalue weighted by Crippen LogP contribution is 2.14. The van der Waals surface area contributed by atoms with Crippen LogP contribution in [0, 0.1) is 12.7 Å². The van der Waals surface area contributed by atoms with Crippen molar-refractivity contribution in [2.24, 2.45) is 0 Å². The number of aromatic nitrogens is 2. The minimum atomic E-state index is -0.271. The normalized spacial score (nSPS) is 17.1. The molecule has 1 N–H and O–H groups in total. The lowest BCUT2D eigenvalue weighted by atomic mass is 10.1. The number of aryl methyl sites for hydroxylation is 2.